The van der Waals surface area contributed by atoms with Gasteiger partial charge in [0, 0.05) is 25.7 Å². The summed E-state index contributed by atoms with van der Waals surface area (Å²) < 4.78 is 10.4. The third-order valence-electron chi connectivity index (χ3n) is 4.70. The van der Waals surface area contributed by atoms with Crippen molar-refractivity contribution in [2.75, 3.05) is 19.8 Å². The highest BCUT2D eigenvalue weighted by Crippen LogP contribution is 2.32. The molecule has 0 aromatic carbocycles. The second-order valence-corrected chi connectivity index (χ2v) is 6.13. The maximum Gasteiger partial charge on any atom is 0.257 e. The molecule has 1 atom stereocenters. The molecule has 23 heavy (non-hydrogen) atoms. The lowest BCUT2D eigenvalue weighted by atomic mass is 10.00. The highest BCUT2D eigenvalue weighted by Gasteiger charge is 2.34. The van der Waals surface area contributed by atoms with Gasteiger partial charge in [-0.2, -0.15) is 5.10 Å². The van der Waals surface area contributed by atoms with Crippen molar-refractivity contribution in [3.8, 4) is 0 Å². The molecule has 2 saturated heterocycles. The second-order valence-electron chi connectivity index (χ2n) is 6.13. The number of carbonyl (C=O) groups is 1. The summed E-state index contributed by atoms with van der Waals surface area (Å²) in [6.45, 7) is 2.27. The number of carbonyl (C=O) groups excluding carboxylic acids is 1. The molecule has 7 heteroatoms. The van der Waals surface area contributed by atoms with E-state index in [9.17, 15) is 4.79 Å². The van der Waals surface area contributed by atoms with E-state index in [0.29, 0.717) is 11.5 Å². The minimum Gasteiger partial charge on any atom is -0.472 e. The Labute approximate surface area is 134 Å². The Hall–Kier alpha value is -2.15. The molecule has 0 aliphatic carbocycles. The Morgan fingerprint density at radius 2 is 2.17 bits per heavy atom. The van der Waals surface area contributed by atoms with Crippen molar-refractivity contribution in [3.63, 3.8) is 0 Å². The molecule has 2 aromatic rings. The predicted octanol–water partition coefficient (Wildman–Crippen LogP) is 2.27. The molecule has 4 heterocycles. The molecule has 122 valence electrons. The van der Waals surface area contributed by atoms with Gasteiger partial charge in [0.15, 0.2) is 5.82 Å². The number of H-pyrrole nitrogens is 1. The molecular weight excluding hydrogens is 296 g/mol. The number of aromatic nitrogens is 3. The second kappa shape index (κ2) is 6.16. The fourth-order valence-electron chi connectivity index (χ4n) is 3.42. The Morgan fingerprint density at radius 1 is 1.30 bits per heavy atom. The minimum absolute atomic E-state index is 0.00901. The highest BCUT2D eigenvalue weighted by molar-refractivity contribution is 5.94. The summed E-state index contributed by atoms with van der Waals surface area (Å²) in [5.41, 5.74) is 0.584. The number of furan rings is 1. The van der Waals surface area contributed by atoms with Gasteiger partial charge in [-0.3, -0.25) is 9.89 Å². The van der Waals surface area contributed by atoms with Crippen LogP contribution in [0.5, 0.6) is 0 Å². The van der Waals surface area contributed by atoms with E-state index < -0.39 is 0 Å². The van der Waals surface area contributed by atoms with Crippen LogP contribution in [-0.2, 0) is 4.74 Å². The zero-order valence-corrected chi connectivity index (χ0v) is 12.9. The molecule has 7 nitrogen and oxygen atoms in total. The van der Waals surface area contributed by atoms with Crippen LogP contribution >= 0.6 is 0 Å². The number of likely N-dealkylation sites (tertiary alicyclic amines) is 1. The van der Waals surface area contributed by atoms with Crippen molar-refractivity contribution < 1.29 is 13.9 Å². The average Bonchev–Trinajstić information content (AvgIpc) is 3.35. The first-order chi connectivity index (χ1) is 11.3. The molecule has 2 fully saturated rings. The molecule has 0 saturated carbocycles. The summed E-state index contributed by atoms with van der Waals surface area (Å²) in [4.78, 5) is 19.1. The highest BCUT2D eigenvalue weighted by atomic mass is 16.5. The van der Waals surface area contributed by atoms with E-state index in [4.69, 9.17) is 14.1 Å². The van der Waals surface area contributed by atoms with E-state index in [1.54, 1.807) is 6.07 Å². The van der Waals surface area contributed by atoms with Gasteiger partial charge in [-0.1, -0.05) is 0 Å². The quantitative estimate of drug-likeness (QED) is 0.939. The molecular formula is C16H20N4O3. The van der Waals surface area contributed by atoms with Crippen LogP contribution in [0, 0.1) is 0 Å². The first-order valence-corrected chi connectivity index (χ1v) is 8.16. The van der Waals surface area contributed by atoms with Gasteiger partial charge in [0.2, 0.25) is 0 Å². The summed E-state index contributed by atoms with van der Waals surface area (Å²) >= 11 is 0. The van der Waals surface area contributed by atoms with Crippen LogP contribution in [0.4, 0.5) is 0 Å². The van der Waals surface area contributed by atoms with E-state index in [2.05, 4.69) is 10.2 Å². The molecule has 0 bridgehead atoms. The van der Waals surface area contributed by atoms with Gasteiger partial charge in [-0.15, -0.1) is 0 Å². The Balaban J connectivity index is 1.52. The van der Waals surface area contributed by atoms with Crippen LogP contribution in [0.1, 0.15) is 59.6 Å². The van der Waals surface area contributed by atoms with Crippen LogP contribution in [0.15, 0.2) is 23.0 Å². The zero-order chi connectivity index (χ0) is 15.6. The maximum absolute atomic E-state index is 12.6. The molecule has 2 aliphatic rings. The van der Waals surface area contributed by atoms with Crippen molar-refractivity contribution >= 4 is 5.91 Å². The lowest BCUT2D eigenvalue weighted by Gasteiger charge is -2.22. The molecule has 2 aliphatic heterocycles. The molecule has 2 aromatic heterocycles. The van der Waals surface area contributed by atoms with E-state index in [1.807, 2.05) is 4.90 Å². The molecule has 4 rings (SSSR count). The van der Waals surface area contributed by atoms with E-state index in [-0.39, 0.29) is 11.9 Å². The number of hydrogen-bond donors (Lipinski definition) is 1. The number of ether oxygens (including phenoxy) is 1. The van der Waals surface area contributed by atoms with Crippen molar-refractivity contribution in [2.24, 2.45) is 0 Å². The minimum atomic E-state index is -0.0292. The fourth-order valence-corrected chi connectivity index (χ4v) is 3.42. The average molecular weight is 316 g/mol. The summed E-state index contributed by atoms with van der Waals surface area (Å²) in [6, 6.07) is 1.67. The lowest BCUT2D eigenvalue weighted by molar-refractivity contribution is 0.0729. The smallest absolute Gasteiger partial charge is 0.257 e. The lowest BCUT2D eigenvalue weighted by Crippen LogP contribution is -2.30. The number of nitrogens with zero attached hydrogens (tertiary/aromatic N) is 3. The first-order valence-electron chi connectivity index (χ1n) is 8.16. The maximum atomic E-state index is 12.6. The summed E-state index contributed by atoms with van der Waals surface area (Å²) in [6.07, 6.45) is 6.81. The molecule has 1 amide bonds. The largest absolute Gasteiger partial charge is 0.472 e. The van der Waals surface area contributed by atoms with Gasteiger partial charge in [0.25, 0.3) is 5.91 Å². The Bertz CT molecular complexity index is 661. The topological polar surface area (TPSA) is 84.2 Å². The molecule has 1 N–H and O–H groups in total. The van der Waals surface area contributed by atoms with Crippen molar-refractivity contribution in [1.29, 1.82) is 0 Å². The molecule has 0 spiro atoms. The van der Waals surface area contributed by atoms with Gasteiger partial charge in [-0.05, 0) is 31.7 Å². The number of aromatic amines is 1. The first kappa shape index (κ1) is 14.4. The number of amides is 1. The van der Waals surface area contributed by atoms with Gasteiger partial charge in [0.05, 0.1) is 17.9 Å². The molecule has 0 unspecified atom stereocenters. The number of nitrogens with one attached hydrogen (secondary N) is 1. The van der Waals surface area contributed by atoms with Crippen molar-refractivity contribution in [2.45, 2.75) is 37.6 Å². The fraction of sp³-hybridized carbons (Fsp3) is 0.562. The Morgan fingerprint density at radius 3 is 2.96 bits per heavy atom. The van der Waals surface area contributed by atoms with E-state index in [1.165, 1.54) is 12.5 Å². The Kier molecular flexibility index (Phi) is 3.87. The van der Waals surface area contributed by atoms with E-state index >= 15 is 0 Å². The van der Waals surface area contributed by atoms with Gasteiger partial charge in [0.1, 0.15) is 12.1 Å². The van der Waals surface area contributed by atoms with Crippen molar-refractivity contribution in [3.05, 3.63) is 35.8 Å². The van der Waals surface area contributed by atoms with E-state index in [0.717, 1.165) is 57.1 Å². The SMILES string of the molecule is O=C(c1ccoc1)N1CCC[C@H]1c1nc(C2CCOCC2)n[nH]1. The number of hydrogen-bond acceptors (Lipinski definition) is 5. The monoisotopic (exact) mass is 316 g/mol. The van der Waals surface area contributed by atoms with Crippen LogP contribution in [0.3, 0.4) is 0 Å². The van der Waals surface area contributed by atoms with Crippen LogP contribution < -0.4 is 0 Å². The third kappa shape index (κ3) is 2.76. The van der Waals surface area contributed by atoms with Gasteiger partial charge < -0.3 is 14.1 Å². The van der Waals surface area contributed by atoms with Crippen LogP contribution in [0.2, 0.25) is 0 Å². The van der Waals surface area contributed by atoms with Crippen LogP contribution in [-0.4, -0.2) is 45.7 Å². The summed E-state index contributed by atoms with van der Waals surface area (Å²) in [5, 5.41) is 7.45. The number of rotatable bonds is 3. The zero-order valence-electron chi connectivity index (χ0n) is 12.9. The van der Waals surface area contributed by atoms with Gasteiger partial charge >= 0.3 is 0 Å². The third-order valence-corrected chi connectivity index (χ3v) is 4.70. The predicted molar refractivity (Wildman–Crippen MR) is 80.9 cm³/mol. The standard InChI is InChI=1S/C16H20N4O3/c21-16(12-5-9-23-10-12)20-6-1-2-13(20)15-17-14(18-19-15)11-3-7-22-8-4-11/h5,9-11,13H,1-4,6-8H2,(H,17,18,19)/t13-/m0/s1. The van der Waals surface area contributed by atoms with Crippen LogP contribution in [0.25, 0.3) is 0 Å². The van der Waals surface area contributed by atoms with Gasteiger partial charge in [-0.25, -0.2) is 4.98 Å². The normalized spacial score (nSPS) is 22.6. The summed E-state index contributed by atoms with van der Waals surface area (Å²) in [5.74, 6) is 1.99. The summed E-state index contributed by atoms with van der Waals surface area (Å²) in [7, 11) is 0. The van der Waals surface area contributed by atoms with Crippen molar-refractivity contribution in [1.82, 2.24) is 20.1 Å². The molecule has 0 radical (unpaired) electrons.